The van der Waals surface area contributed by atoms with E-state index in [9.17, 15) is 4.79 Å². The average Bonchev–Trinajstić information content (AvgIpc) is 2.83. The van der Waals surface area contributed by atoms with Crippen molar-refractivity contribution >= 4 is 33.2 Å². The van der Waals surface area contributed by atoms with E-state index in [-0.39, 0.29) is 12.5 Å². The van der Waals surface area contributed by atoms with Gasteiger partial charge in [0, 0.05) is 21.3 Å². The minimum Gasteiger partial charge on any atom is -0.484 e. The van der Waals surface area contributed by atoms with Crippen LogP contribution in [0.4, 0.5) is 0 Å². The SMILES string of the molecule is O=C(COc1ccccc1)NCCc1cc(Br)cs1. The number of amides is 1. The van der Waals surface area contributed by atoms with E-state index < -0.39 is 0 Å². The molecule has 1 amide bonds. The topological polar surface area (TPSA) is 38.3 Å². The van der Waals surface area contributed by atoms with Crippen molar-refractivity contribution in [2.75, 3.05) is 13.2 Å². The van der Waals surface area contributed by atoms with Gasteiger partial charge in [0.2, 0.25) is 0 Å². The maximum Gasteiger partial charge on any atom is 0.257 e. The fraction of sp³-hybridized carbons (Fsp3) is 0.214. The van der Waals surface area contributed by atoms with Crippen LogP contribution in [0.25, 0.3) is 0 Å². The van der Waals surface area contributed by atoms with Crippen molar-refractivity contribution in [3.8, 4) is 5.75 Å². The molecule has 0 fully saturated rings. The van der Waals surface area contributed by atoms with E-state index in [2.05, 4.69) is 27.3 Å². The Bertz CT molecular complexity index is 527. The second-order valence-corrected chi connectivity index (χ2v) is 5.84. The molecule has 0 saturated heterocycles. The van der Waals surface area contributed by atoms with E-state index in [4.69, 9.17) is 4.74 Å². The first-order valence-corrected chi connectivity index (χ1v) is 7.59. The molecule has 0 unspecified atom stereocenters. The molecule has 2 rings (SSSR count). The summed E-state index contributed by atoms with van der Waals surface area (Å²) in [4.78, 5) is 12.8. The summed E-state index contributed by atoms with van der Waals surface area (Å²) in [6, 6.07) is 11.4. The molecule has 0 aliphatic carbocycles. The van der Waals surface area contributed by atoms with Crippen molar-refractivity contribution in [1.29, 1.82) is 0 Å². The molecule has 1 N–H and O–H groups in total. The fourth-order valence-corrected chi connectivity index (χ4v) is 2.98. The lowest BCUT2D eigenvalue weighted by molar-refractivity contribution is -0.123. The first-order valence-electron chi connectivity index (χ1n) is 5.91. The summed E-state index contributed by atoms with van der Waals surface area (Å²) in [5, 5.41) is 4.88. The zero-order valence-corrected chi connectivity index (χ0v) is 12.7. The molecule has 5 heteroatoms. The van der Waals surface area contributed by atoms with Crippen LogP contribution in [0.1, 0.15) is 4.88 Å². The zero-order valence-electron chi connectivity index (χ0n) is 10.3. The van der Waals surface area contributed by atoms with E-state index in [1.807, 2.05) is 35.7 Å². The maximum atomic E-state index is 11.6. The second kappa shape index (κ2) is 7.31. The van der Waals surface area contributed by atoms with E-state index in [1.54, 1.807) is 11.3 Å². The third kappa shape index (κ3) is 5.04. The summed E-state index contributed by atoms with van der Waals surface area (Å²) in [5.41, 5.74) is 0. The number of benzene rings is 1. The Labute approximate surface area is 124 Å². The number of ether oxygens (including phenoxy) is 1. The predicted octanol–water partition coefficient (Wildman–Crippen LogP) is 3.25. The molecule has 100 valence electrons. The molecule has 1 aromatic carbocycles. The number of hydrogen-bond acceptors (Lipinski definition) is 3. The molecule has 3 nitrogen and oxygen atoms in total. The van der Waals surface area contributed by atoms with Gasteiger partial charge in [0.1, 0.15) is 5.75 Å². The molecular weight excluding hydrogens is 326 g/mol. The van der Waals surface area contributed by atoms with Crippen molar-refractivity contribution < 1.29 is 9.53 Å². The van der Waals surface area contributed by atoms with Gasteiger partial charge in [-0.3, -0.25) is 4.79 Å². The summed E-state index contributed by atoms with van der Waals surface area (Å²) >= 11 is 5.09. The van der Waals surface area contributed by atoms with Crippen molar-refractivity contribution in [2.24, 2.45) is 0 Å². The van der Waals surface area contributed by atoms with Crippen LogP contribution in [0.3, 0.4) is 0 Å². The molecule has 1 heterocycles. The van der Waals surface area contributed by atoms with Crippen LogP contribution < -0.4 is 10.1 Å². The van der Waals surface area contributed by atoms with E-state index >= 15 is 0 Å². The van der Waals surface area contributed by atoms with Gasteiger partial charge < -0.3 is 10.1 Å². The normalized spacial score (nSPS) is 10.2. The lowest BCUT2D eigenvalue weighted by Gasteiger charge is -2.06. The highest BCUT2D eigenvalue weighted by Crippen LogP contribution is 2.19. The Balaban J connectivity index is 1.65. The maximum absolute atomic E-state index is 11.6. The highest BCUT2D eigenvalue weighted by Gasteiger charge is 2.03. The number of thiophene rings is 1. The van der Waals surface area contributed by atoms with Gasteiger partial charge in [-0.05, 0) is 40.5 Å². The molecule has 0 saturated carbocycles. The van der Waals surface area contributed by atoms with E-state index in [0.717, 1.165) is 10.9 Å². The first-order chi connectivity index (χ1) is 9.24. The lowest BCUT2D eigenvalue weighted by Crippen LogP contribution is -2.30. The Morgan fingerprint density at radius 1 is 1.32 bits per heavy atom. The first kappa shape index (κ1) is 14.1. The van der Waals surface area contributed by atoms with Gasteiger partial charge in [-0.1, -0.05) is 18.2 Å². The minimum absolute atomic E-state index is 0.0537. The van der Waals surface area contributed by atoms with Crippen LogP contribution in [-0.4, -0.2) is 19.1 Å². The van der Waals surface area contributed by atoms with Crippen molar-refractivity contribution in [1.82, 2.24) is 5.32 Å². The number of halogens is 1. The standard InChI is InChI=1S/C14H14BrNO2S/c15-11-8-13(19-10-11)6-7-16-14(17)9-18-12-4-2-1-3-5-12/h1-5,8,10H,6-7,9H2,(H,16,17). The average molecular weight is 340 g/mol. The predicted molar refractivity (Wildman–Crippen MR) is 80.7 cm³/mol. The van der Waals surface area contributed by atoms with Gasteiger partial charge in [0.25, 0.3) is 5.91 Å². The van der Waals surface area contributed by atoms with Crippen molar-refractivity contribution in [3.63, 3.8) is 0 Å². The van der Waals surface area contributed by atoms with E-state index in [0.29, 0.717) is 12.3 Å². The minimum atomic E-state index is -0.0977. The summed E-state index contributed by atoms with van der Waals surface area (Å²) in [5.74, 6) is 0.610. The number of carbonyl (C=O) groups excluding carboxylic acids is 1. The van der Waals surface area contributed by atoms with Gasteiger partial charge in [0.05, 0.1) is 0 Å². The molecule has 0 spiro atoms. The van der Waals surface area contributed by atoms with Crippen molar-refractivity contribution in [2.45, 2.75) is 6.42 Å². The molecule has 0 radical (unpaired) electrons. The second-order valence-electron chi connectivity index (χ2n) is 3.93. The number of para-hydroxylation sites is 1. The van der Waals surface area contributed by atoms with Crippen LogP contribution in [0.15, 0.2) is 46.3 Å². The molecule has 2 aromatic rings. The summed E-state index contributed by atoms with van der Waals surface area (Å²) in [6.45, 7) is 0.683. The molecular formula is C14H14BrNO2S. The number of nitrogens with one attached hydrogen (secondary N) is 1. The van der Waals surface area contributed by atoms with Gasteiger partial charge in [-0.15, -0.1) is 11.3 Å². The molecule has 19 heavy (non-hydrogen) atoms. The van der Waals surface area contributed by atoms with Crippen LogP contribution in [0.5, 0.6) is 5.75 Å². The quantitative estimate of drug-likeness (QED) is 0.877. The molecule has 0 aliphatic rings. The number of hydrogen-bond donors (Lipinski definition) is 1. The molecule has 0 aliphatic heterocycles. The Morgan fingerprint density at radius 2 is 2.11 bits per heavy atom. The Kier molecular flexibility index (Phi) is 5.42. The molecule has 0 bridgehead atoms. The highest BCUT2D eigenvalue weighted by atomic mass is 79.9. The lowest BCUT2D eigenvalue weighted by atomic mass is 10.3. The van der Waals surface area contributed by atoms with E-state index in [1.165, 1.54) is 4.88 Å². The van der Waals surface area contributed by atoms with Crippen LogP contribution in [0.2, 0.25) is 0 Å². The third-order valence-electron chi connectivity index (χ3n) is 2.43. The summed E-state index contributed by atoms with van der Waals surface area (Å²) in [6.07, 6.45) is 0.841. The summed E-state index contributed by atoms with van der Waals surface area (Å²) < 4.78 is 6.45. The van der Waals surface area contributed by atoms with Crippen LogP contribution in [0, 0.1) is 0 Å². The van der Waals surface area contributed by atoms with Gasteiger partial charge in [0.15, 0.2) is 6.61 Å². The smallest absolute Gasteiger partial charge is 0.257 e. The number of carbonyl (C=O) groups is 1. The monoisotopic (exact) mass is 339 g/mol. The largest absolute Gasteiger partial charge is 0.484 e. The Hall–Kier alpha value is -1.33. The molecule has 0 atom stereocenters. The number of rotatable bonds is 6. The highest BCUT2D eigenvalue weighted by molar-refractivity contribution is 9.10. The van der Waals surface area contributed by atoms with Crippen LogP contribution >= 0.6 is 27.3 Å². The Morgan fingerprint density at radius 3 is 2.79 bits per heavy atom. The van der Waals surface area contributed by atoms with Crippen LogP contribution in [-0.2, 0) is 11.2 Å². The van der Waals surface area contributed by atoms with Crippen molar-refractivity contribution in [3.05, 3.63) is 51.1 Å². The third-order valence-corrected chi connectivity index (χ3v) is 4.19. The summed E-state index contributed by atoms with van der Waals surface area (Å²) in [7, 11) is 0. The van der Waals surface area contributed by atoms with Gasteiger partial charge in [-0.25, -0.2) is 0 Å². The zero-order chi connectivity index (χ0) is 13.5. The molecule has 1 aromatic heterocycles. The van der Waals surface area contributed by atoms with Gasteiger partial charge >= 0.3 is 0 Å². The van der Waals surface area contributed by atoms with Gasteiger partial charge in [-0.2, -0.15) is 0 Å². The fourth-order valence-electron chi connectivity index (χ4n) is 1.53.